The minimum atomic E-state index is 0.0718. The molecular weight excluding hydrogens is 312 g/mol. The van der Waals surface area contributed by atoms with Crippen LogP contribution in [0.2, 0.25) is 0 Å². The van der Waals surface area contributed by atoms with E-state index in [1.807, 2.05) is 43.1 Å². The Kier molecular flexibility index (Phi) is 5.51. The summed E-state index contributed by atoms with van der Waals surface area (Å²) < 4.78 is 1.98. The molecule has 134 valence electrons. The highest BCUT2D eigenvalue weighted by molar-refractivity contribution is 5.77. The molecule has 2 unspecified atom stereocenters. The monoisotopic (exact) mass is 340 g/mol. The predicted octanol–water partition coefficient (Wildman–Crippen LogP) is 3.99. The number of hydrogen-bond donors (Lipinski definition) is 0. The first-order valence-corrected chi connectivity index (χ1v) is 9.28. The number of likely N-dealkylation sites (tertiary alicyclic amines) is 1. The Hall–Kier alpha value is -2.17. The fourth-order valence-electron chi connectivity index (χ4n) is 3.89. The summed E-state index contributed by atoms with van der Waals surface area (Å²) in [6.07, 6.45) is 8.61. The van der Waals surface area contributed by atoms with E-state index in [2.05, 4.69) is 28.0 Å². The van der Waals surface area contributed by atoms with Gasteiger partial charge in [0.2, 0.25) is 5.91 Å². The number of pyridine rings is 1. The average molecular weight is 340 g/mol. The minimum Gasteiger partial charge on any atom is -0.336 e. The molecule has 3 heterocycles. The topological polar surface area (TPSA) is 51.0 Å². The molecule has 0 aromatic carbocycles. The van der Waals surface area contributed by atoms with Gasteiger partial charge in [-0.05, 0) is 57.4 Å². The molecule has 2 atom stereocenters. The van der Waals surface area contributed by atoms with Crippen molar-refractivity contribution in [2.75, 3.05) is 6.54 Å². The number of aryl methyl sites for hydroxylation is 2. The van der Waals surface area contributed by atoms with Gasteiger partial charge in [0.15, 0.2) is 0 Å². The summed E-state index contributed by atoms with van der Waals surface area (Å²) in [4.78, 5) is 19.3. The molecule has 0 bridgehead atoms. The van der Waals surface area contributed by atoms with E-state index in [4.69, 9.17) is 0 Å². The van der Waals surface area contributed by atoms with Gasteiger partial charge in [0.05, 0.1) is 17.8 Å². The van der Waals surface area contributed by atoms with E-state index < -0.39 is 0 Å². The fraction of sp³-hybridized carbons (Fsp3) is 0.550. The van der Waals surface area contributed by atoms with Crippen LogP contribution in [0, 0.1) is 13.8 Å². The number of nitrogens with zero attached hydrogens (tertiary/aromatic N) is 4. The molecule has 0 N–H and O–H groups in total. The number of carbonyl (C=O) groups is 1. The van der Waals surface area contributed by atoms with Gasteiger partial charge in [0.1, 0.15) is 0 Å². The van der Waals surface area contributed by atoms with E-state index in [0.29, 0.717) is 6.42 Å². The molecule has 2 aromatic rings. The maximum absolute atomic E-state index is 13.1. The van der Waals surface area contributed by atoms with Crippen molar-refractivity contribution in [2.24, 2.45) is 0 Å². The first-order valence-electron chi connectivity index (χ1n) is 9.28. The second kappa shape index (κ2) is 7.81. The van der Waals surface area contributed by atoms with E-state index in [-0.39, 0.29) is 18.0 Å². The molecule has 1 saturated heterocycles. The molecule has 1 aliphatic heterocycles. The van der Waals surface area contributed by atoms with Gasteiger partial charge in [-0.3, -0.25) is 14.5 Å². The third-order valence-corrected chi connectivity index (χ3v) is 5.10. The standard InChI is InChI=1S/C20H28N4O/c1-15-13-16(2)24(22-15)17(3)14-20(25)23-12-6-4-5-7-19(23)18-8-10-21-11-9-18/h8-11,13,17,19H,4-7,12,14H2,1-3H3. The molecule has 1 aliphatic rings. The van der Waals surface area contributed by atoms with Crippen LogP contribution in [0.25, 0.3) is 0 Å². The maximum atomic E-state index is 13.1. The van der Waals surface area contributed by atoms with Crippen molar-refractivity contribution in [3.63, 3.8) is 0 Å². The quantitative estimate of drug-likeness (QED) is 0.845. The lowest BCUT2D eigenvalue weighted by molar-refractivity contribution is -0.134. The Morgan fingerprint density at radius 2 is 2.00 bits per heavy atom. The minimum absolute atomic E-state index is 0.0718. The molecular formula is C20H28N4O. The number of rotatable bonds is 4. The lowest BCUT2D eigenvalue weighted by atomic mass is 10.0. The Labute approximate surface area is 150 Å². The third-order valence-electron chi connectivity index (χ3n) is 5.10. The van der Waals surface area contributed by atoms with Gasteiger partial charge in [-0.1, -0.05) is 12.8 Å². The first-order chi connectivity index (χ1) is 12.1. The second-order valence-electron chi connectivity index (χ2n) is 7.16. The van der Waals surface area contributed by atoms with E-state index in [0.717, 1.165) is 30.8 Å². The van der Waals surface area contributed by atoms with Crippen LogP contribution in [-0.2, 0) is 4.79 Å². The van der Waals surface area contributed by atoms with Crippen LogP contribution in [0.15, 0.2) is 30.6 Å². The molecule has 5 nitrogen and oxygen atoms in total. The average Bonchev–Trinajstić information content (AvgIpc) is 2.81. The van der Waals surface area contributed by atoms with Crippen molar-refractivity contribution in [3.05, 3.63) is 47.5 Å². The molecule has 1 amide bonds. The van der Waals surface area contributed by atoms with Crippen molar-refractivity contribution >= 4 is 5.91 Å². The van der Waals surface area contributed by atoms with Crippen molar-refractivity contribution in [1.82, 2.24) is 19.7 Å². The largest absolute Gasteiger partial charge is 0.336 e. The summed E-state index contributed by atoms with van der Waals surface area (Å²) >= 11 is 0. The molecule has 0 radical (unpaired) electrons. The van der Waals surface area contributed by atoms with Gasteiger partial charge >= 0.3 is 0 Å². The van der Waals surface area contributed by atoms with Gasteiger partial charge in [-0.2, -0.15) is 5.10 Å². The lowest BCUT2D eigenvalue weighted by Gasteiger charge is -2.31. The highest BCUT2D eigenvalue weighted by Gasteiger charge is 2.28. The summed E-state index contributed by atoms with van der Waals surface area (Å²) in [5.41, 5.74) is 3.31. The van der Waals surface area contributed by atoms with Gasteiger partial charge in [-0.25, -0.2) is 0 Å². The predicted molar refractivity (Wildman–Crippen MR) is 98.2 cm³/mol. The van der Waals surface area contributed by atoms with Gasteiger partial charge < -0.3 is 4.90 Å². The Bertz CT molecular complexity index is 710. The molecule has 0 aliphatic carbocycles. The van der Waals surface area contributed by atoms with Crippen LogP contribution in [0.1, 0.15) is 68.1 Å². The third kappa shape index (κ3) is 4.09. The van der Waals surface area contributed by atoms with E-state index >= 15 is 0 Å². The molecule has 5 heteroatoms. The van der Waals surface area contributed by atoms with Gasteiger partial charge in [0.25, 0.3) is 0 Å². The molecule has 0 spiro atoms. The fourth-order valence-corrected chi connectivity index (χ4v) is 3.89. The van der Waals surface area contributed by atoms with Gasteiger partial charge in [0, 0.05) is 31.1 Å². The zero-order chi connectivity index (χ0) is 17.8. The molecule has 2 aromatic heterocycles. The SMILES string of the molecule is Cc1cc(C)n(C(C)CC(=O)N2CCCCCC2c2ccncc2)n1. The number of aromatic nitrogens is 3. The normalized spacial score (nSPS) is 19.5. The maximum Gasteiger partial charge on any atom is 0.225 e. The number of carbonyl (C=O) groups excluding carboxylic acids is 1. The second-order valence-corrected chi connectivity index (χ2v) is 7.16. The smallest absolute Gasteiger partial charge is 0.225 e. The highest BCUT2D eigenvalue weighted by atomic mass is 16.2. The number of amides is 1. The van der Waals surface area contributed by atoms with Crippen LogP contribution in [-0.4, -0.2) is 32.1 Å². The summed E-state index contributed by atoms with van der Waals surface area (Å²) in [7, 11) is 0. The van der Waals surface area contributed by atoms with Crippen molar-refractivity contribution in [2.45, 2.75) is 65.0 Å². The van der Waals surface area contributed by atoms with Crippen molar-refractivity contribution in [1.29, 1.82) is 0 Å². The Balaban J connectivity index is 1.77. The van der Waals surface area contributed by atoms with Gasteiger partial charge in [-0.15, -0.1) is 0 Å². The Morgan fingerprint density at radius 1 is 1.24 bits per heavy atom. The van der Waals surface area contributed by atoms with E-state index in [9.17, 15) is 4.79 Å². The van der Waals surface area contributed by atoms with Crippen molar-refractivity contribution < 1.29 is 4.79 Å². The van der Waals surface area contributed by atoms with Crippen LogP contribution in [0.4, 0.5) is 0 Å². The molecule has 0 saturated carbocycles. The molecule has 1 fully saturated rings. The molecule has 25 heavy (non-hydrogen) atoms. The lowest BCUT2D eigenvalue weighted by Crippen LogP contribution is -2.36. The summed E-state index contributed by atoms with van der Waals surface area (Å²) in [5.74, 6) is 0.226. The van der Waals surface area contributed by atoms with E-state index in [1.54, 1.807) is 0 Å². The summed E-state index contributed by atoms with van der Waals surface area (Å²) in [6.45, 7) is 6.96. The number of hydrogen-bond acceptors (Lipinski definition) is 3. The van der Waals surface area contributed by atoms with Crippen LogP contribution in [0.3, 0.4) is 0 Å². The van der Waals surface area contributed by atoms with Crippen LogP contribution < -0.4 is 0 Å². The van der Waals surface area contributed by atoms with Crippen LogP contribution in [0.5, 0.6) is 0 Å². The highest BCUT2D eigenvalue weighted by Crippen LogP contribution is 2.31. The summed E-state index contributed by atoms with van der Waals surface area (Å²) in [6, 6.07) is 6.39. The Morgan fingerprint density at radius 3 is 2.68 bits per heavy atom. The van der Waals surface area contributed by atoms with Crippen molar-refractivity contribution in [3.8, 4) is 0 Å². The van der Waals surface area contributed by atoms with Crippen LogP contribution >= 0.6 is 0 Å². The zero-order valence-electron chi connectivity index (χ0n) is 15.5. The summed E-state index contributed by atoms with van der Waals surface area (Å²) in [5, 5.41) is 4.54. The van der Waals surface area contributed by atoms with E-state index in [1.165, 1.54) is 18.4 Å². The zero-order valence-corrected chi connectivity index (χ0v) is 15.5. The molecule has 3 rings (SSSR count). The first kappa shape index (κ1) is 17.6.